The Labute approximate surface area is 159 Å². The topological polar surface area (TPSA) is 77.4 Å². The molecule has 0 saturated heterocycles. The fourth-order valence-corrected chi connectivity index (χ4v) is 3.46. The van der Waals surface area contributed by atoms with Gasteiger partial charge in [-0.05, 0) is 32.1 Å². The smallest absolute Gasteiger partial charge is 0.748 e. The molecule has 0 aromatic heterocycles. The van der Waals surface area contributed by atoms with E-state index < -0.39 is 15.4 Å². The fourth-order valence-electron chi connectivity index (χ4n) is 2.55. The Morgan fingerprint density at radius 3 is 1.86 bits per heavy atom. The Kier molecular flexibility index (Phi) is 17.6. The zero-order valence-corrected chi connectivity index (χ0v) is 17.5. The van der Waals surface area contributed by atoms with E-state index in [2.05, 4.69) is 6.92 Å². The van der Waals surface area contributed by atoms with Gasteiger partial charge in [0.25, 0.3) is 0 Å². The Morgan fingerprint density at radius 2 is 1.36 bits per heavy atom. The maximum atomic E-state index is 11.3. The van der Waals surface area contributed by atoms with Gasteiger partial charge in [-0.15, -0.1) is 0 Å². The van der Waals surface area contributed by atoms with Crippen LogP contribution in [-0.4, -0.2) is 29.4 Å². The van der Waals surface area contributed by atoms with Gasteiger partial charge < -0.3 is 9.66 Å². The van der Waals surface area contributed by atoms with E-state index in [4.69, 9.17) is 0 Å². The predicted molar refractivity (Wildman–Crippen MR) is 86.2 cm³/mol. The van der Waals surface area contributed by atoms with E-state index in [1.807, 2.05) is 6.92 Å². The Bertz CT molecular complexity index is 333. The monoisotopic (exact) mass is 344 g/mol. The molecule has 4 nitrogen and oxygen atoms in total. The Morgan fingerprint density at radius 1 is 0.864 bits per heavy atom. The van der Waals surface area contributed by atoms with Gasteiger partial charge in [-0.2, -0.15) is 0 Å². The minimum atomic E-state index is -4.20. The fraction of sp³-hybridized carbons (Fsp3) is 1.00. The quantitative estimate of drug-likeness (QED) is 0.290. The molecule has 0 heterocycles. The van der Waals surface area contributed by atoms with Gasteiger partial charge in [-0.3, -0.25) is 0 Å². The SMILES string of the molecule is CCCCCCCCCC(CCCC(O)CC)S(=O)(=O)[O-].[Na+]. The van der Waals surface area contributed by atoms with Gasteiger partial charge in [0.1, 0.15) is 0 Å². The molecule has 0 radical (unpaired) electrons. The molecule has 0 saturated carbocycles. The maximum Gasteiger partial charge on any atom is 1.00 e. The van der Waals surface area contributed by atoms with E-state index in [9.17, 15) is 18.1 Å². The molecule has 0 aromatic carbocycles. The molecule has 22 heavy (non-hydrogen) atoms. The van der Waals surface area contributed by atoms with Gasteiger partial charge in [0.15, 0.2) is 0 Å². The third-order valence-electron chi connectivity index (χ3n) is 4.07. The number of aliphatic hydroxyl groups excluding tert-OH is 1. The molecule has 0 aromatic rings. The van der Waals surface area contributed by atoms with Crippen molar-refractivity contribution in [2.24, 2.45) is 0 Å². The summed E-state index contributed by atoms with van der Waals surface area (Å²) in [5, 5.41) is 8.70. The summed E-state index contributed by atoms with van der Waals surface area (Å²) >= 11 is 0. The molecule has 2 unspecified atom stereocenters. The first-order valence-electron chi connectivity index (χ1n) is 8.54. The van der Waals surface area contributed by atoms with Crippen LogP contribution >= 0.6 is 0 Å². The van der Waals surface area contributed by atoms with E-state index in [1.165, 1.54) is 25.7 Å². The molecule has 0 aliphatic heterocycles. The zero-order chi connectivity index (χ0) is 16.1. The number of hydrogen-bond donors (Lipinski definition) is 1. The first kappa shape index (κ1) is 25.1. The van der Waals surface area contributed by atoms with Crippen LogP contribution in [0.15, 0.2) is 0 Å². The molecule has 6 heteroatoms. The van der Waals surface area contributed by atoms with E-state index in [-0.39, 0.29) is 35.7 Å². The second-order valence-corrected chi connectivity index (χ2v) is 7.67. The Balaban J connectivity index is 0. The summed E-state index contributed by atoms with van der Waals surface area (Å²) < 4.78 is 33.8. The summed E-state index contributed by atoms with van der Waals surface area (Å²) in [5.41, 5.74) is 0. The minimum absolute atomic E-state index is 0. The van der Waals surface area contributed by atoms with Crippen molar-refractivity contribution in [3.63, 3.8) is 0 Å². The van der Waals surface area contributed by atoms with Crippen molar-refractivity contribution in [2.45, 2.75) is 102 Å². The van der Waals surface area contributed by atoms with Crippen LogP contribution in [0.3, 0.4) is 0 Å². The van der Waals surface area contributed by atoms with Gasteiger partial charge in [0, 0.05) is 5.25 Å². The van der Waals surface area contributed by atoms with Crippen molar-refractivity contribution in [3.8, 4) is 0 Å². The maximum absolute atomic E-state index is 11.3. The van der Waals surface area contributed by atoms with Gasteiger partial charge in [0.2, 0.25) is 0 Å². The average Bonchev–Trinajstić information content (AvgIpc) is 2.42. The van der Waals surface area contributed by atoms with Crippen LogP contribution in [0, 0.1) is 0 Å². The largest absolute Gasteiger partial charge is 1.00 e. The molecular formula is C16H33NaO4S. The standard InChI is InChI=1S/C16H34O4S.Na/c1-3-5-6-7-8-9-10-13-16(21(18,19)20)14-11-12-15(17)4-2;/h15-17H,3-14H2,1-2H3,(H,18,19,20);/q;+1/p-1. The summed E-state index contributed by atoms with van der Waals surface area (Å²) in [7, 11) is -4.20. The molecule has 128 valence electrons. The number of rotatable bonds is 14. The minimum Gasteiger partial charge on any atom is -0.748 e. The summed E-state index contributed by atoms with van der Waals surface area (Å²) in [6.45, 7) is 4.07. The van der Waals surface area contributed by atoms with Gasteiger partial charge in [-0.1, -0.05) is 58.8 Å². The van der Waals surface area contributed by atoms with Crippen molar-refractivity contribution < 1.29 is 47.6 Å². The normalized spacial score (nSPS) is 14.4. The van der Waals surface area contributed by atoms with Crippen LogP contribution in [0.2, 0.25) is 0 Å². The number of aliphatic hydroxyl groups is 1. The molecule has 0 bridgehead atoms. The summed E-state index contributed by atoms with van der Waals surface area (Å²) in [4.78, 5) is 0. The van der Waals surface area contributed by atoms with Crippen molar-refractivity contribution in [3.05, 3.63) is 0 Å². The molecule has 0 spiro atoms. The molecule has 0 aliphatic rings. The van der Waals surface area contributed by atoms with E-state index in [0.717, 1.165) is 19.3 Å². The zero-order valence-electron chi connectivity index (χ0n) is 14.7. The second kappa shape index (κ2) is 15.4. The second-order valence-electron chi connectivity index (χ2n) is 6.02. The summed E-state index contributed by atoms with van der Waals surface area (Å²) in [5.74, 6) is 0. The Hall–Kier alpha value is 0.870. The van der Waals surface area contributed by atoms with Gasteiger partial charge >= 0.3 is 29.6 Å². The number of unbranched alkanes of at least 4 members (excludes halogenated alkanes) is 6. The molecule has 0 fully saturated rings. The van der Waals surface area contributed by atoms with Crippen LogP contribution in [0.25, 0.3) is 0 Å². The predicted octanol–water partition coefficient (Wildman–Crippen LogP) is 0.986. The molecule has 1 N–H and O–H groups in total. The first-order valence-corrected chi connectivity index (χ1v) is 10.0. The van der Waals surface area contributed by atoms with E-state index in [0.29, 0.717) is 32.1 Å². The third-order valence-corrected chi connectivity index (χ3v) is 5.36. The number of hydrogen-bond acceptors (Lipinski definition) is 4. The van der Waals surface area contributed by atoms with Crippen molar-refractivity contribution in [1.29, 1.82) is 0 Å². The average molecular weight is 344 g/mol. The van der Waals surface area contributed by atoms with Crippen molar-refractivity contribution >= 4 is 10.1 Å². The van der Waals surface area contributed by atoms with E-state index in [1.54, 1.807) is 0 Å². The van der Waals surface area contributed by atoms with Crippen LogP contribution in [0.4, 0.5) is 0 Å². The van der Waals surface area contributed by atoms with Crippen molar-refractivity contribution in [2.75, 3.05) is 0 Å². The molecule has 2 atom stereocenters. The molecule has 0 amide bonds. The molecular weight excluding hydrogens is 311 g/mol. The van der Waals surface area contributed by atoms with Gasteiger partial charge in [-0.25, -0.2) is 8.42 Å². The van der Waals surface area contributed by atoms with Crippen LogP contribution in [0.1, 0.15) is 90.9 Å². The first-order chi connectivity index (χ1) is 9.91. The van der Waals surface area contributed by atoms with Crippen LogP contribution in [-0.2, 0) is 10.1 Å². The van der Waals surface area contributed by atoms with E-state index >= 15 is 0 Å². The van der Waals surface area contributed by atoms with Crippen molar-refractivity contribution in [1.82, 2.24) is 0 Å². The molecule has 0 rings (SSSR count). The molecule has 0 aliphatic carbocycles. The summed E-state index contributed by atoms with van der Waals surface area (Å²) in [6.07, 6.45) is 10.2. The van der Waals surface area contributed by atoms with Crippen LogP contribution < -0.4 is 29.6 Å². The third kappa shape index (κ3) is 14.5. The summed E-state index contributed by atoms with van der Waals surface area (Å²) in [6, 6.07) is 0. The van der Waals surface area contributed by atoms with Gasteiger partial charge in [0.05, 0.1) is 16.2 Å². The van der Waals surface area contributed by atoms with Crippen LogP contribution in [0.5, 0.6) is 0 Å².